The topological polar surface area (TPSA) is 67.9 Å². The number of carbonyl (C=O) groups excluding carboxylic acids is 2. The smallest absolute Gasteiger partial charge is 0.314 e. The van der Waals surface area contributed by atoms with Gasteiger partial charge < -0.3 is 19.7 Å². The van der Waals surface area contributed by atoms with E-state index in [1.165, 1.54) is 19.1 Å². The number of nitrogens with zero attached hydrogens (tertiary/aromatic N) is 1. The van der Waals surface area contributed by atoms with Crippen LogP contribution in [0.4, 0.5) is 5.69 Å². The molecule has 6 heteroatoms. The molecule has 0 saturated carbocycles. The highest BCUT2D eigenvalue weighted by Gasteiger charge is 2.21. The Hall–Kier alpha value is -2.76. The van der Waals surface area contributed by atoms with Gasteiger partial charge in [0, 0.05) is 19.2 Å². The van der Waals surface area contributed by atoms with Gasteiger partial charge in [-0.05, 0) is 12.1 Å². The van der Waals surface area contributed by atoms with Gasteiger partial charge in [-0.25, -0.2) is 0 Å². The molecule has 0 heterocycles. The Morgan fingerprint density at radius 2 is 1.82 bits per heavy atom. The lowest BCUT2D eigenvalue weighted by molar-refractivity contribution is -0.142. The highest BCUT2D eigenvalue weighted by molar-refractivity contribution is 6.39. The van der Waals surface area contributed by atoms with Crippen LogP contribution in [0.5, 0.6) is 11.5 Å². The second kappa shape index (κ2) is 8.51. The van der Waals surface area contributed by atoms with Gasteiger partial charge in [0.1, 0.15) is 11.5 Å². The Morgan fingerprint density at radius 3 is 2.32 bits per heavy atom. The third-order valence-corrected chi connectivity index (χ3v) is 2.84. The predicted molar refractivity (Wildman–Crippen MR) is 85.1 cm³/mol. The van der Waals surface area contributed by atoms with E-state index in [-0.39, 0.29) is 13.1 Å². The van der Waals surface area contributed by atoms with E-state index < -0.39 is 11.8 Å². The van der Waals surface area contributed by atoms with Crippen LogP contribution >= 0.6 is 0 Å². The summed E-state index contributed by atoms with van der Waals surface area (Å²) in [6, 6.07) is 4.88. The number of ether oxygens (including phenoxy) is 2. The summed E-state index contributed by atoms with van der Waals surface area (Å²) in [5, 5.41) is 2.53. The molecule has 1 aromatic carbocycles. The number of hydrogen-bond acceptors (Lipinski definition) is 4. The lowest BCUT2D eigenvalue weighted by Crippen LogP contribution is -2.39. The van der Waals surface area contributed by atoms with Crippen LogP contribution in [0.2, 0.25) is 0 Å². The summed E-state index contributed by atoms with van der Waals surface area (Å²) in [5.41, 5.74) is 0.388. The highest BCUT2D eigenvalue weighted by Crippen LogP contribution is 2.28. The van der Waals surface area contributed by atoms with E-state index >= 15 is 0 Å². The van der Waals surface area contributed by atoms with E-state index in [2.05, 4.69) is 18.5 Å². The van der Waals surface area contributed by atoms with Crippen LogP contribution in [0.3, 0.4) is 0 Å². The van der Waals surface area contributed by atoms with Crippen LogP contribution in [0, 0.1) is 0 Å². The molecule has 0 aromatic heterocycles. The second-order valence-electron chi connectivity index (χ2n) is 4.31. The van der Waals surface area contributed by atoms with Crippen molar-refractivity contribution in [1.82, 2.24) is 4.90 Å². The number of carbonyl (C=O) groups is 2. The summed E-state index contributed by atoms with van der Waals surface area (Å²) >= 11 is 0. The van der Waals surface area contributed by atoms with Crippen molar-refractivity contribution >= 4 is 17.5 Å². The zero-order valence-electron chi connectivity index (χ0n) is 12.8. The molecule has 0 atom stereocenters. The first-order valence-corrected chi connectivity index (χ1v) is 6.61. The van der Waals surface area contributed by atoms with Gasteiger partial charge in [0.05, 0.1) is 19.9 Å². The Morgan fingerprint density at radius 1 is 1.18 bits per heavy atom. The standard InChI is InChI=1S/C16H20N2O4/c1-5-9-18(10-6-2)16(20)15(19)17-13-8-7-12(21-3)11-14(13)22-4/h5-8,11H,1-2,9-10H2,3-4H3,(H,17,19). The maximum Gasteiger partial charge on any atom is 0.314 e. The summed E-state index contributed by atoms with van der Waals surface area (Å²) in [6.45, 7) is 7.65. The van der Waals surface area contributed by atoms with E-state index in [9.17, 15) is 9.59 Å². The molecule has 0 unspecified atom stereocenters. The highest BCUT2D eigenvalue weighted by atomic mass is 16.5. The summed E-state index contributed by atoms with van der Waals surface area (Å²) < 4.78 is 10.2. The van der Waals surface area contributed by atoms with Gasteiger partial charge in [0.2, 0.25) is 0 Å². The molecule has 1 N–H and O–H groups in total. The average molecular weight is 304 g/mol. The third-order valence-electron chi connectivity index (χ3n) is 2.84. The van der Waals surface area contributed by atoms with Crippen LogP contribution in [-0.4, -0.2) is 44.0 Å². The van der Waals surface area contributed by atoms with Gasteiger partial charge in [-0.15, -0.1) is 13.2 Å². The third kappa shape index (κ3) is 4.37. The summed E-state index contributed by atoms with van der Waals surface area (Å²) in [5.74, 6) is -0.439. The van der Waals surface area contributed by atoms with Gasteiger partial charge in [-0.3, -0.25) is 9.59 Å². The number of rotatable bonds is 7. The van der Waals surface area contributed by atoms with Gasteiger partial charge in [0.25, 0.3) is 0 Å². The van der Waals surface area contributed by atoms with E-state index in [0.29, 0.717) is 17.2 Å². The van der Waals surface area contributed by atoms with Crippen molar-refractivity contribution in [2.45, 2.75) is 0 Å². The molecule has 6 nitrogen and oxygen atoms in total. The second-order valence-corrected chi connectivity index (χ2v) is 4.31. The van der Waals surface area contributed by atoms with Gasteiger partial charge in [-0.2, -0.15) is 0 Å². The number of anilines is 1. The summed E-state index contributed by atoms with van der Waals surface area (Å²) in [4.78, 5) is 25.5. The molecule has 0 bridgehead atoms. The zero-order chi connectivity index (χ0) is 16.5. The normalized spacial score (nSPS) is 9.55. The maximum atomic E-state index is 12.1. The van der Waals surface area contributed by atoms with Crippen LogP contribution in [-0.2, 0) is 9.59 Å². The van der Waals surface area contributed by atoms with Gasteiger partial charge in [0.15, 0.2) is 0 Å². The van der Waals surface area contributed by atoms with Crippen LogP contribution < -0.4 is 14.8 Å². The maximum absolute atomic E-state index is 12.1. The van der Waals surface area contributed by atoms with Crippen molar-refractivity contribution in [3.8, 4) is 11.5 Å². The van der Waals surface area contributed by atoms with Crippen molar-refractivity contribution in [1.29, 1.82) is 0 Å². The van der Waals surface area contributed by atoms with Crippen molar-refractivity contribution in [2.24, 2.45) is 0 Å². The number of amides is 2. The van der Waals surface area contributed by atoms with E-state index in [0.717, 1.165) is 0 Å². The van der Waals surface area contributed by atoms with E-state index in [1.54, 1.807) is 30.4 Å². The molecule has 1 rings (SSSR count). The Bertz CT molecular complexity index is 559. The van der Waals surface area contributed by atoms with Crippen molar-refractivity contribution in [3.05, 3.63) is 43.5 Å². The number of nitrogens with one attached hydrogen (secondary N) is 1. The number of methoxy groups -OCH3 is 2. The lowest BCUT2D eigenvalue weighted by atomic mass is 10.2. The van der Waals surface area contributed by atoms with E-state index in [4.69, 9.17) is 9.47 Å². The molecule has 1 aromatic rings. The summed E-state index contributed by atoms with van der Waals surface area (Å²) in [7, 11) is 2.99. The molecule has 0 radical (unpaired) electrons. The molecule has 22 heavy (non-hydrogen) atoms. The first-order chi connectivity index (χ1) is 10.6. The molecule has 0 spiro atoms. The van der Waals surface area contributed by atoms with Gasteiger partial charge in [-0.1, -0.05) is 12.2 Å². The monoisotopic (exact) mass is 304 g/mol. The first-order valence-electron chi connectivity index (χ1n) is 6.61. The quantitative estimate of drug-likeness (QED) is 0.616. The van der Waals surface area contributed by atoms with E-state index in [1.807, 2.05) is 0 Å². The minimum atomic E-state index is -0.757. The Labute approximate surface area is 130 Å². The minimum absolute atomic E-state index is 0.262. The summed E-state index contributed by atoms with van der Waals surface area (Å²) in [6.07, 6.45) is 3.09. The minimum Gasteiger partial charge on any atom is -0.497 e. The van der Waals surface area contributed by atoms with Crippen LogP contribution in [0.25, 0.3) is 0 Å². The molecule has 0 aliphatic carbocycles. The molecular formula is C16H20N2O4. The van der Waals surface area contributed by atoms with Crippen molar-refractivity contribution in [3.63, 3.8) is 0 Å². The van der Waals surface area contributed by atoms with Crippen molar-refractivity contribution in [2.75, 3.05) is 32.6 Å². The fraction of sp³-hybridized carbons (Fsp3) is 0.250. The largest absolute Gasteiger partial charge is 0.497 e. The average Bonchev–Trinajstić information content (AvgIpc) is 2.54. The zero-order valence-corrected chi connectivity index (χ0v) is 12.8. The molecule has 0 aliphatic heterocycles. The number of benzene rings is 1. The Kier molecular flexibility index (Phi) is 6.69. The Balaban J connectivity index is 2.89. The lowest BCUT2D eigenvalue weighted by Gasteiger charge is -2.19. The fourth-order valence-electron chi connectivity index (χ4n) is 1.77. The first kappa shape index (κ1) is 17.3. The van der Waals surface area contributed by atoms with Crippen molar-refractivity contribution < 1.29 is 19.1 Å². The molecule has 2 amide bonds. The number of hydrogen-bond donors (Lipinski definition) is 1. The van der Waals surface area contributed by atoms with Gasteiger partial charge >= 0.3 is 11.8 Å². The predicted octanol–water partition coefficient (Wildman–Crippen LogP) is 1.84. The van der Waals surface area contributed by atoms with Crippen LogP contribution in [0.15, 0.2) is 43.5 Å². The van der Waals surface area contributed by atoms with Crippen LogP contribution in [0.1, 0.15) is 0 Å². The SMILES string of the molecule is C=CCN(CC=C)C(=O)C(=O)Nc1ccc(OC)cc1OC. The molecule has 0 aliphatic rings. The fourth-order valence-corrected chi connectivity index (χ4v) is 1.77. The molecule has 118 valence electrons. The molecular weight excluding hydrogens is 284 g/mol. The molecule has 0 saturated heterocycles. The molecule has 0 fully saturated rings.